The number of pyridine rings is 1. The van der Waals surface area contributed by atoms with Crippen molar-refractivity contribution in [1.82, 2.24) is 4.98 Å². The minimum Gasteiger partial charge on any atom is -0.324 e. The fourth-order valence-corrected chi connectivity index (χ4v) is 3.41. The number of hydrogen-bond donors (Lipinski definition) is 1. The molecule has 0 radical (unpaired) electrons. The Hall–Kier alpha value is -1.41. The van der Waals surface area contributed by atoms with Crippen LogP contribution < -0.4 is 5.73 Å². The summed E-state index contributed by atoms with van der Waals surface area (Å²) in [6.07, 6.45) is 11.2. The van der Waals surface area contributed by atoms with Gasteiger partial charge in [-0.15, -0.1) is 0 Å². The summed E-state index contributed by atoms with van der Waals surface area (Å²) < 4.78 is 0. The van der Waals surface area contributed by atoms with Crippen LogP contribution in [-0.2, 0) is 0 Å². The van der Waals surface area contributed by atoms with Crippen molar-refractivity contribution in [3.8, 4) is 0 Å². The molecule has 0 saturated heterocycles. The molecule has 20 heavy (non-hydrogen) atoms. The highest BCUT2D eigenvalue weighted by atomic mass is 14.7. The number of benzene rings is 1. The van der Waals surface area contributed by atoms with Crippen molar-refractivity contribution in [2.24, 2.45) is 11.7 Å². The van der Waals surface area contributed by atoms with Crippen molar-refractivity contribution >= 4 is 10.9 Å². The van der Waals surface area contributed by atoms with Crippen molar-refractivity contribution in [2.45, 2.75) is 51.0 Å². The second-order valence-corrected chi connectivity index (χ2v) is 6.09. The van der Waals surface area contributed by atoms with Gasteiger partial charge in [-0.05, 0) is 36.5 Å². The molecule has 1 aliphatic carbocycles. The molecular formula is C18H24N2. The number of hydrogen-bond acceptors (Lipinski definition) is 2. The fraction of sp³-hybridized carbons (Fsp3) is 0.500. The molecule has 1 atom stereocenters. The summed E-state index contributed by atoms with van der Waals surface area (Å²) in [5.41, 5.74) is 8.87. The molecule has 1 saturated carbocycles. The molecule has 1 heterocycles. The van der Waals surface area contributed by atoms with Crippen LogP contribution in [0.2, 0.25) is 0 Å². The van der Waals surface area contributed by atoms with E-state index < -0.39 is 0 Å². The molecule has 2 heteroatoms. The van der Waals surface area contributed by atoms with E-state index in [1.807, 2.05) is 12.3 Å². The second-order valence-electron chi connectivity index (χ2n) is 6.09. The summed E-state index contributed by atoms with van der Waals surface area (Å²) in [5.74, 6) is 0.636. The average Bonchev–Trinajstić information content (AvgIpc) is 2.46. The Kier molecular flexibility index (Phi) is 4.31. The Morgan fingerprint density at radius 2 is 1.75 bits per heavy atom. The van der Waals surface area contributed by atoms with Gasteiger partial charge in [-0.3, -0.25) is 4.98 Å². The third kappa shape index (κ3) is 3.01. The SMILES string of the molecule is NC(c1ccc2cccnc2c1)C1CCCCCCC1. The lowest BCUT2D eigenvalue weighted by Gasteiger charge is -2.26. The number of rotatable bonds is 2. The van der Waals surface area contributed by atoms with E-state index in [9.17, 15) is 0 Å². The van der Waals surface area contributed by atoms with Gasteiger partial charge in [0.15, 0.2) is 0 Å². The van der Waals surface area contributed by atoms with Crippen LogP contribution in [0.25, 0.3) is 10.9 Å². The first-order valence-corrected chi connectivity index (χ1v) is 7.95. The minimum absolute atomic E-state index is 0.166. The third-order valence-corrected chi connectivity index (χ3v) is 4.67. The van der Waals surface area contributed by atoms with Crippen LogP contribution in [0.3, 0.4) is 0 Å². The van der Waals surface area contributed by atoms with Crippen molar-refractivity contribution in [3.05, 3.63) is 42.1 Å². The summed E-state index contributed by atoms with van der Waals surface area (Å²) in [7, 11) is 0. The molecule has 0 spiro atoms. The normalized spacial score (nSPS) is 19.4. The standard InChI is InChI=1S/C18H24N2/c19-18(15-7-4-2-1-3-5-8-15)16-11-10-14-9-6-12-20-17(14)13-16/h6,9-13,15,18H,1-5,7-8,19H2. The van der Waals surface area contributed by atoms with E-state index in [1.54, 1.807) is 0 Å². The predicted octanol–water partition coefficient (Wildman–Crippen LogP) is 4.60. The molecule has 0 bridgehead atoms. The minimum atomic E-state index is 0.166. The van der Waals surface area contributed by atoms with Gasteiger partial charge in [-0.2, -0.15) is 0 Å². The van der Waals surface area contributed by atoms with Crippen LogP contribution in [0.15, 0.2) is 36.5 Å². The van der Waals surface area contributed by atoms with Crippen molar-refractivity contribution < 1.29 is 0 Å². The molecule has 0 aliphatic heterocycles. The number of nitrogens with two attached hydrogens (primary N) is 1. The average molecular weight is 268 g/mol. The van der Waals surface area contributed by atoms with Gasteiger partial charge < -0.3 is 5.73 Å². The van der Waals surface area contributed by atoms with E-state index in [0.29, 0.717) is 5.92 Å². The molecule has 2 aromatic rings. The van der Waals surface area contributed by atoms with Gasteiger partial charge >= 0.3 is 0 Å². The molecule has 2 nitrogen and oxygen atoms in total. The van der Waals surface area contributed by atoms with Crippen LogP contribution in [0.5, 0.6) is 0 Å². The summed E-state index contributed by atoms with van der Waals surface area (Å²) >= 11 is 0. The Morgan fingerprint density at radius 1 is 1.00 bits per heavy atom. The van der Waals surface area contributed by atoms with E-state index in [4.69, 9.17) is 5.73 Å². The molecular weight excluding hydrogens is 244 g/mol. The van der Waals surface area contributed by atoms with Crippen molar-refractivity contribution in [3.63, 3.8) is 0 Å². The van der Waals surface area contributed by atoms with Gasteiger partial charge in [0.2, 0.25) is 0 Å². The lowest BCUT2D eigenvalue weighted by Crippen LogP contribution is -2.22. The Labute approximate surface area is 121 Å². The summed E-state index contributed by atoms with van der Waals surface area (Å²) in [6, 6.07) is 10.8. The highest BCUT2D eigenvalue weighted by molar-refractivity contribution is 5.78. The van der Waals surface area contributed by atoms with Crippen LogP contribution in [0, 0.1) is 5.92 Å². The van der Waals surface area contributed by atoms with Gasteiger partial charge in [-0.1, -0.05) is 50.3 Å². The molecule has 0 amide bonds. The highest BCUT2D eigenvalue weighted by Crippen LogP contribution is 2.32. The van der Waals surface area contributed by atoms with Crippen LogP contribution in [0.1, 0.15) is 56.6 Å². The van der Waals surface area contributed by atoms with Gasteiger partial charge in [-0.25, -0.2) is 0 Å². The maximum absolute atomic E-state index is 6.55. The molecule has 1 aromatic carbocycles. The molecule has 3 rings (SSSR count). The molecule has 1 unspecified atom stereocenters. The lowest BCUT2D eigenvalue weighted by atomic mass is 9.83. The van der Waals surface area contributed by atoms with Gasteiger partial charge in [0.1, 0.15) is 0 Å². The van der Waals surface area contributed by atoms with E-state index >= 15 is 0 Å². The van der Waals surface area contributed by atoms with Gasteiger partial charge in [0, 0.05) is 17.6 Å². The number of fused-ring (bicyclic) bond motifs is 1. The zero-order valence-electron chi connectivity index (χ0n) is 12.1. The first kappa shape index (κ1) is 13.6. The first-order chi connectivity index (χ1) is 9.84. The summed E-state index contributed by atoms with van der Waals surface area (Å²) in [5, 5.41) is 1.20. The van der Waals surface area contributed by atoms with Crippen LogP contribution in [-0.4, -0.2) is 4.98 Å². The quantitative estimate of drug-likeness (QED) is 0.864. The van der Waals surface area contributed by atoms with Crippen molar-refractivity contribution in [1.29, 1.82) is 0 Å². The van der Waals surface area contributed by atoms with E-state index in [-0.39, 0.29) is 6.04 Å². The Bertz CT molecular complexity index is 556. The zero-order valence-corrected chi connectivity index (χ0v) is 12.1. The van der Waals surface area contributed by atoms with Gasteiger partial charge in [0.05, 0.1) is 5.52 Å². The third-order valence-electron chi connectivity index (χ3n) is 4.67. The Balaban J connectivity index is 1.81. The molecule has 106 valence electrons. The molecule has 1 fully saturated rings. The maximum Gasteiger partial charge on any atom is 0.0705 e. The van der Waals surface area contributed by atoms with Crippen LogP contribution >= 0.6 is 0 Å². The smallest absolute Gasteiger partial charge is 0.0705 e. The monoisotopic (exact) mass is 268 g/mol. The van der Waals surface area contributed by atoms with Crippen molar-refractivity contribution in [2.75, 3.05) is 0 Å². The molecule has 1 aliphatic rings. The first-order valence-electron chi connectivity index (χ1n) is 7.95. The van der Waals surface area contributed by atoms with E-state index in [2.05, 4.69) is 29.2 Å². The fourth-order valence-electron chi connectivity index (χ4n) is 3.41. The lowest BCUT2D eigenvalue weighted by molar-refractivity contribution is 0.327. The maximum atomic E-state index is 6.55. The molecule has 1 aromatic heterocycles. The predicted molar refractivity (Wildman–Crippen MR) is 84.5 cm³/mol. The van der Waals surface area contributed by atoms with Crippen LogP contribution in [0.4, 0.5) is 0 Å². The largest absolute Gasteiger partial charge is 0.324 e. The molecule has 2 N–H and O–H groups in total. The summed E-state index contributed by atoms with van der Waals surface area (Å²) in [6.45, 7) is 0. The topological polar surface area (TPSA) is 38.9 Å². The number of aromatic nitrogens is 1. The van der Waals surface area contributed by atoms with E-state index in [0.717, 1.165) is 5.52 Å². The summed E-state index contributed by atoms with van der Waals surface area (Å²) in [4.78, 5) is 4.45. The Morgan fingerprint density at radius 3 is 2.55 bits per heavy atom. The highest BCUT2D eigenvalue weighted by Gasteiger charge is 2.20. The van der Waals surface area contributed by atoms with Gasteiger partial charge in [0.25, 0.3) is 0 Å². The zero-order chi connectivity index (χ0) is 13.8. The van der Waals surface area contributed by atoms with E-state index in [1.165, 1.54) is 55.9 Å². The number of nitrogens with zero attached hydrogens (tertiary/aromatic N) is 1. The second kappa shape index (κ2) is 6.36.